The highest BCUT2D eigenvalue weighted by molar-refractivity contribution is 6.30. The summed E-state index contributed by atoms with van der Waals surface area (Å²) in [5.74, 6) is 0.907. The largest absolute Gasteiger partial charge is 0.493 e. The first-order valence-electron chi connectivity index (χ1n) is 16.7. The van der Waals surface area contributed by atoms with Gasteiger partial charge in [0.15, 0.2) is 0 Å². The lowest BCUT2D eigenvalue weighted by molar-refractivity contribution is 0.0274. The third-order valence-electron chi connectivity index (χ3n) is 8.48. The van der Waals surface area contributed by atoms with Crippen LogP contribution in [0.5, 0.6) is 5.75 Å². The summed E-state index contributed by atoms with van der Waals surface area (Å²) in [7, 11) is 3.02. The van der Waals surface area contributed by atoms with E-state index in [9.17, 15) is 14.4 Å². The number of nitrogens with zero attached hydrogens (tertiary/aromatic N) is 1. The van der Waals surface area contributed by atoms with E-state index in [4.69, 9.17) is 25.8 Å². The molecule has 2 N–H and O–H groups in total. The maximum absolute atomic E-state index is 14.3. The number of amides is 3. The first-order chi connectivity index (χ1) is 22.4. The predicted octanol–water partition coefficient (Wildman–Crippen LogP) is 7.06. The first-order valence-corrected chi connectivity index (χ1v) is 17.0. The maximum atomic E-state index is 14.3. The molecule has 0 bridgehead atoms. The van der Waals surface area contributed by atoms with Crippen LogP contribution >= 0.6 is 11.6 Å². The molecule has 1 aliphatic heterocycles. The van der Waals surface area contributed by atoms with Gasteiger partial charge in [0.05, 0.1) is 20.3 Å². The third kappa shape index (κ3) is 11.0. The smallest absolute Gasteiger partial charge is 0.410 e. The summed E-state index contributed by atoms with van der Waals surface area (Å²) in [6, 6.07) is 10.9. The van der Waals surface area contributed by atoms with Crippen molar-refractivity contribution in [1.29, 1.82) is 0 Å². The Morgan fingerprint density at radius 3 is 2.53 bits per heavy atom. The molecule has 1 heterocycles. The number of halogens is 1. The topological polar surface area (TPSA) is 115 Å². The van der Waals surface area contributed by atoms with Crippen LogP contribution in [0.25, 0.3) is 0 Å². The Balaban J connectivity index is 1.63. The molecule has 1 aliphatic carbocycles. The predicted molar refractivity (Wildman–Crippen MR) is 181 cm³/mol. The minimum Gasteiger partial charge on any atom is -0.493 e. The molecule has 11 heteroatoms. The van der Waals surface area contributed by atoms with Crippen molar-refractivity contribution in [3.05, 3.63) is 63.7 Å². The number of carbonyl (C=O) groups excluding carboxylic acids is 3. The van der Waals surface area contributed by atoms with Crippen LogP contribution in [0.2, 0.25) is 5.02 Å². The average Bonchev–Trinajstić information content (AvgIpc) is 3.03. The quantitative estimate of drug-likeness (QED) is 0.232. The van der Waals surface area contributed by atoms with E-state index in [1.807, 2.05) is 51.1 Å². The SMILES string of the molecule is COC(=O)NCCOC(c1cccc(Cl)c1)c1cc2c(c(C(=O)N[C@@H](CC3CCCCC3)CN(C)C(=O)OC(C)(C)C)c1)CCCO2. The van der Waals surface area contributed by atoms with Gasteiger partial charge < -0.3 is 34.5 Å². The first kappa shape index (κ1) is 36.3. The molecule has 1 fully saturated rings. The number of hydrogen-bond donors (Lipinski definition) is 2. The van der Waals surface area contributed by atoms with Crippen LogP contribution in [0.15, 0.2) is 36.4 Å². The molecule has 1 unspecified atom stereocenters. The van der Waals surface area contributed by atoms with Crippen molar-refractivity contribution in [3.8, 4) is 5.75 Å². The minimum absolute atomic E-state index is 0.187. The second kappa shape index (κ2) is 17.1. The van der Waals surface area contributed by atoms with E-state index in [-0.39, 0.29) is 25.1 Å². The van der Waals surface area contributed by atoms with Crippen LogP contribution in [0.1, 0.15) is 98.9 Å². The molecule has 2 atom stereocenters. The summed E-state index contributed by atoms with van der Waals surface area (Å²) < 4.78 is 22.7. The van der Waals surface area contributed by atoms with Crippen LogP contribution < -0.4 is 15.4 Å². The molecular formula is C36H50ClN3O7. The Hall–Kier alpha value is -3.50. The van der Waals surface area contributed by atoms with E-state index in [1.54, 1.807) is 18.0 Å². The molecule has 2 aromatic carbocycles. The number of likely N-dealkylation sites (N-methyl/N-ethyl adjacent to an activating group) is 1. The zero-order valence-corrected chi connectivity index (χ0v) is 29.1. The minimum atomic E-state index is -0.621. The van der Waals surface area contributed by atoms with Crippen LogP contribution in [0.4, 0.5) is 9.59 Å². The molecular weight excluding hydrogens is 622 g/mol. The van der Waals surface area contributed by atoms with Crippen molar-refractivity contribution in [2.45, 2.75) is 89.9 Å². The van der Waals surface area contributed by atoms with Gasteiger partial charge in [-0.05, 0) is 81.3 Å². The summed E-state index contributed by atoms with van der Waals surface area (Å²) in [5, 5.41) is 6.48. The van der Waals surface area contributed by atoms with Crippen molar-refractivity contribution in [2.24, 2.45) is 5.92 Å². The Kier molecular flexibility index (Phi) is 13.2. The molecule has 2 aromatic rings. The van der Waals surface area contributed by atoms with Gasteiger partial charge in [0, 0.05) is 42.3 Å². The molecule has 10 nitrogen and oxygen atoms in total. The van der Waals surface area contributed by atoms with E-state index in [2.05, 4.69) is 15.4 Å². The van der Waals surface area contributed by atoms with Gasteiger partial charge in [-0.2, -0.15) is 0 Å². The Labute approximate surface area is 283 Å². The van der Waals surface area contributed by atoms with Crippen LogP contribution in [-0.2, 0) is 20.6 Å². The second-order valence-electron chi connectivity index (χ2n) is 13.5. The van der Waals surface area contributed by atoms with E-state index >= 15 is 0 Å². The van der Waals surface area contributed by atoms with Gasteiger partial charge in [0.25, 0.3) is 5.91 Å². The van der Waals surface area contributed by atoms with Crippen molar-refractivity contribution in [1.82, 2.24) is 15.5 Å². The van der Waals surface area contributed by atoms with Gasteiger partial charge in [-0.3, -0.25) is 4.79 Å². The van der Waals surface area contributed by atoms with Gasteiger partial charge in [0.2, 0.25) is 0 Å². The Bertz CT molecular complexity index is 1370. The molecule has 47 heavy (non-hydrogen) atoms. The lowest BCUT2D eigenvalue weighted by Gasteiger charge is -2.32. The van der Waals surface area contributed by atoms with E-state index in [1.165, 1.54) is 26.4 Å². The van der Waals surface area contributed by atoms with E-state index in [0.717, 1.165) is 42.4 Å². The Morgan fingerprint density at radius 1 is 1.06 bits per heavy atom. The summed E-state index contributed by atoms with van der Waals surface area (Å²) in [4.78, 5) is 40.3. The molecule has 0 spiro atoms. The van der Waals surface area contributed by atoms with Crippen molar-refractivity contribution in [3.63, 3.8) is 0 Å². The molecule has 3 amide bonds. The number of ether oxygens (including phenoxy) is 4. The lowest BCUT2D eigenvalue weighted by Crippen LogP contribution is -2.46. The second-order valence-corrected chi connectivity index (χ2v) is 13.9. The normalized spacial score (nSPS) is 16.2. The summed E-state index contributed by atoms with van der Waals surface area (Å²) in [6.45, 7) is 6.82. The third-order valence-corrected chi connectivity index (χ3v) is 8.71. The van der Waals surface area contributed by atoms with E-state index < -0.39 is 23.9 Å². The highest BCUT2D eigenvalue weighted by Gasteiger charge is 2.29. The monoisotopic (exact) mass is 671 g/mol. The summed E-state index contributed by atoms with van der Waals surface area (Å²) in [5.41, 5.74) is 2.28. The highest BCUT2D eigenvalue weighted by Crippen LogP contribution is 2.36. The number of benzene rings is 2. The molecule has 0 aromatic heterocycles. The molecule has 1 saturated carbocycles. The number of alkyl carbamates (subject to hydrolysis) is 1. The molecule has 258 valence electrons. The van der Waals surface area contributed by atoms with Gasteiger partial charge >= 0.3 is 12.2 Å². The van der Waals surface area contributed by atoms with Crippen molar-refractivity contribution >= 4 is 29.7 Å². The number of nitrogens with one attached hydrogen (secondary N) is 2. The number of methoxy groups -OCH3 is 1. The van der Waals surface area contributed by atoms with Gasteiger partial charge in [-0.15, -0.1) is 0 Å². The fourth-order valence-corrected chi connectivity index (χ4v) is 6.51. The maximum Gasteiger partial charge on any atom is 0.410 e. The fraction of sp³-hybridized carbons (Fsp3) is 0.583. The average molecular weight is 672 g/mol. The van der Waals surface area contributed by atoms with Crippen molar-refractivity contribution < 1.29 is 33.3 Å². The van der Waals surface area contributed by atoms with Crippen LogP contribution in [0.3, 0.4) is 0 Å². The summed E-state index contributed by atoms with van der Waals surface area (Å²) >= 11 is 6.38. The summed E-state index contributed by atoms with van der Waals surface area (Å²) in [6.07, 6.45) is 6.55. The Morgan fingerprint density at radius 2 is 1.83 bits per heavy atom. The fourth-order valence-electron chi connectivity index (χ4n) is 6.31. The standard InChI is InChI=1S/C36H50ClN3O7/c1-36(2,3)47-35(43)40(4)23-28(19-24-11-7-6-8-12-24)39-33(41)30-21-26(22-31-29(30)15-10-17-45-31)32(25-13-9-14-27(37)20-25)46-18-16-38-34(42)44-5/h9,13-14,20-22,24,28,32H,6-8,10-12,15-19,23H2,1-5H3,(H,38,42)(H,39,41)/t28-,32?/m0/s1. The van der Waals surface area contributed by atoms with Crippen LogP contribution in [-0.4, -0.2) is 75.1 Å². The number of carbonyl (C=O) groups is 3. The number of hydrogen-bond acceptors (Lipinski definition) is 7. The van der Waals surface area contributed by atoms with E-state index in [0.29, 0.717) is 41.8 Å². The molecule has 0 radical (unpaired) electrons. The van der Waals surface area contributed by atoms with Gasteiger partial charge in [-0.1, -0.05) is 55.8 Å². The lowest BCUT2D eigenvalue weighted by atomic mass is 9.84. The van der Waals surface area contributed by atoms with Crippen LogP contribution in [0, 0.1) is 5.92 Å². The molecule has 4 rings (SSSR count). The van der Waals surface area contributed by atoms with Crippen molar-refractivity contribution in [2.75, 3.05) is 40.5 Å². The molecule has 2 aliphatic rings. The zero-order valence-electron chi connectivity index (χ0n) is 28.4. The number of fused-ring (bicyclic) bond motifs is 1. The highest BCUT2D eigenvalue weighted by atomic mass is 35.5. The van der Waals surface area contributed by atoms with Gasteiger partial charge in [0.1, 0.15) is 17.5 Å². The number of rotatable bonds is 12. The zero-order chi connectivity index (χ0) is 34.0. The van der Waals surface area contributed by atoms with Gasteiger partial charge in [-0.25, -0.2) is 9.59 Å². The molecule has 0 saturated heterocycles.